The summed E-state index contributed by atoms with van der Waals surface area (Å²) in [6, 6.07) is 19.3. The first-order chi connectivity index (χ1) is 16.0. The maximum atomic E-state index is 12.3. The van der Waals surface area contributed by atoms with E-state index in [1.807, 2.05) is 79.1 Å². The Balaban J connectivity index is 1.56. The van der Waals surface area contributed by atoms with Crippen LogP contribution >= 0.6 is 23.4 Å². The van der Waals surface area contributed by atoms with Gasteiger partial charge in [0.1, 0.15) is 0 Å². The topological polar surface area (TPSA) is 72.7 Å². The number of nitrogens with zero attached hydrogens (tertiary/aromatic N) is 4. The maximum absolute atomic E-state index is 12.3. The summed E-state index contributed by atoms with van der Waals surface area (Å²) in [5.41, 5.74) is 3.55. The second-order valence-corrected chi connectivity index (χ2v) is 9.00. The van der Waals surface area contributed by atoms with Crippen molar-refractivity contribution in [1.82, 2.24) is 25.1 Å². The van der Waals surface area contributed by atoms with E-state index in [9.17, 15) is 4.79 Å². The zero-order chi connectivity index (χ0) is 23.2. The Morgan fingerprint density at radius 3 is 2.55 bits per heavy atom. The van der Waals surface area contributed by atoms with E-state index in [1.54, 1.807) is 24.2 Å². The molecule has 0 radical (unpaired) electrons. The highest BCUT2D eigenvalue weighted by molar-refractivity contribution is 7.98. The van der Waals surface area contributed by atoms with Crippen molar-refractivity contribution in [3.8, 4) is 17.1 Å². The summed E-state index contributed by atoms with van der Waals surface area (Å²) in [6.07, 6.45) is 4.37. The first kappa shape index (κ1) is 23.0. The molecule has 0 aliphatic heterocycles. The third-order valence-electron chi connectivity index (χ3n) is 5.21. The number of amides is 1. The van der Waals surface area contributed by atoms with Crippen LogP contribution in [0, 0.1) is 0 Å². The van der Waals surface area contributed by atoms with Crippen LogP contribution < -0.4 is 5.32 Å². The SMILES string of the molecule is CC[C@H](C)NC(=O)c1ccc(CSc2nnc(-c3ccncc3)n2-c2cccc(Cl)c2)cc1. The molecule has 1 N–H and O–H groups in total. The Bertz CT molecular complexity index is 1230. The number of benzene rings is 2. The number of carbonyl (C=O) groups is 1. The molecule has 1 amide bonds. The van der Waals surface area contributed by atoms with Gasteiger partial charge in [0, 0.05) is 40.3 Å². The fraction of sp³-hybridized carbons (Fsp3) is 0.200. The Morgan fingerprint density at radius 1 is 1.09 bits per heavy atom. The molecule has 2 aromatic heterocycles. The van der Waals surface area contributed by atoms with E-state index in [4.69, 9.17) is 11.6 Å². The number of nitrogens with one attached hydrogen (secondary N) is 1. The van der Waals surface area contributed by atoms with E-state index in [2.05, 4.69) is 20.5 Å². The summed E-state index contributed by atoms with van der Waals surface area (Å²) in [6.45, 7) is 4.05. The van der Waals surface area contributed by atoms with Crippen LogP contribution in [0.15, 0.2) is 78.2 Å². The highest BCUT2D eigenvalue weighted by Crippen LogP contribution is 2.30. The highest BCUT2D eigenvalue weighted by atomic mass is 35.5. The second kappa shape index (κ2) is 10.6. The molecule has 0 fully saturated rings. The molecule has 0 saturated heterocycles. The van der Waals surface area contributed by atoms with Crippen molar-refractivity contribution in [1.29, 1.82) is 0 Å². The average Bonchev–Trinajstić information content (AvgIpc) is 3.27. The highest BCUT2D eigenvalue weighted by Gasteiger charge is 2.17. The summed E-state index contributed by atoms with van der Waals surface area (Å²) in [5.74, 6) is 1.35. The van der Waals surface area contributed by atoms with Gasteiger partial charge in [-0.1, -0.05) is 48.5 Å². The molecule has 33 heavy (non-hydrogen) atoms. The molecule has 2 aromatic carbocycles. The van der Waals surface area contributed by atoms with Crippen LogP contribution in [-0.4, -0.2) is 31.7 Å². The molecule has 1 atom stereocenters. The average molecular weight is 478 g/mol. The first-order valence-corrected chi connectivity index (χ1v) is 12.1. The largest absolute Gasteiger partial charge is 0.350 e. The molecule has 2 heterocycles. The third-order valence-corrected chi connectivity index (χ3v) is 6.45. The van der Waals surface area contributed by atoms with E-state index in [0.29, 0.717) is 16.3 Å². The standard InChI is InChI=1S/C25H24ClN5OS/c1-3-17(2)28-24(32)20-9-7-18(8-10-20)16-33-25-30-29-23(19-11-13-27-14-12-19)31(25)22-6-4-5-21(26)15-22/h4-15,17H,3,16H2,1-2H3,(H,28,32)/t17-/m0/s1. The molecule has 4 aromatic rings. The third kappa shape index (κ3) is 5.61. The predicted octanol–water partition coefficient (Wildman–Crippen LogP) is 5.80. The summed E-state index contributed by atoms with van der Waals surface area (Å²) in [4.78, 5) is 16.4. The fourth-order valence-electron chi connectivity index (χ4n) is 3.21. The molecule has 0 unspecified atom stereocenters. The van der Waals surface area contributed by atoms with Crippen molar-refractivity contribution in [2.75, 3.05) is 0 Å². The number of aromatic nitrogens is 4. The van der Waals surface area contributed by atoms with Crippen molar-refractivity contribution in [3.05, 3.63) is 89.2 Å². The van der Waals surface area contributed by atoms with E-state index in [1.165, 1.54) is 0 Å². The molecule has 0 aliphatic carbocycles. The van der Waals surface area contributed by atoms with Crippen LogP contribution in [0.5, 0.6) is 0 Å². The molecule has 0 aliphatic rings. The van der Waals surface area contributed by atoms with E-state index >= 15 is 0 Å². The maximum Gasteiger partial charge on any atom is 0.251 e. The van der Waals surface area contributed by atoms with Crippen molar-refractivity contribution < 1.29 is 4.79 Å². The molecular weight excluding hydrogens is 454 g/mol. The van der Waals surface area contributed by atoms with E-state index in [0.717, 1.165) is 34.2 Å². The van der Waals surface area contributed by atoms with Gasteiger partial charge < -0.3 is 5.32 Å². The normalized spacial score (nSPS) is 11.8. The van der Waals surface area contributed by atoms with Gasteiger partial charge in [0.25, 0.3) is 5.91 Å². The molecule has 6 nitrogen and oxygen atoms in total. The lowest BCUT2D eigenvalue weighted by atomic mass is 10.1. The van der Waals surface area contributed by atoms with Crippen molar-refractivity contribution >= 4 is 29.3 Å². The number of hydrogen-bond acceptors (Lipinski definition) is 5. The number of halogens is 1. The lowest BCUT2D eigenvalue weighted by molar-refractivity contribution is 0.0939. The minimum atomic E-state index is -0.0498. The summed E-state index contributed by atoms with van der Waals surface area (Å²) >= 11 is 7.84. The lowest BCUT2D eigenvalue weighted by Crippen LogP contribution is -2.31. The van der Waals surface area contributed by atoms with Gasteiger partial charge in [0.2, 0.25) is 0 Å². The minimum absolute atomic E-state index is 0.0498. The number of thioether (sulfide) groups is 1. The van der Waals surface area contributed by atoms with Gasteiger partial charge in [-0.2, -0.15) is 0 Å². The zero-order valence-electron chi connectivity index (χ0n) is 18.4. The Labute approximate surface area is 202 Å². The number of rotatable bonds is 8. The molecular formula is C25H24ClN5OS. The lowest BCUT2D eigenvalue weighted by Gasteiger charge is -2.12. The van der Waals surface area contributed by atoms with Crippen LogP contribution in [-0.2, 0) is 5.75 Å². The van der Waals surface area contributed by atoms with Crippen LogP contribution in [0.4, 0.5) is 0 Å². The summed E-state index contributed by atoms with van der Waals surface area (Å²) in [5, 5.41) is 13.3. The van der Waals surface area contributed by atoms with E-state index in [-0.39, 0.29) is 11.9 Å². The van der Waals surface area contributed by atoms with Gasteiger partial charge in [0.05, 0.1) is 5.69 Å². The first-order valence-electron chi connectivity index (χ1n) is 10.7. The minimum Gasteiger partial charge on any atom is -0.350 e. The monoisotopic (exact) mass is 477 g/mol. The molecule has 8 heteroatoms. The van der Waals surface area contributed by atoms with E-state index < -0.39 is 0 Å². The second-order valence-electron chi connectivity index (χ2n) is 7.63. The van der Waals surface area contributed by atoms with Gasteiger partial charge >= 0.3 is 0 Å². The van der Waals surface area contributed by atoms with Crippen LogP contribution in [0.25, 0.3) is 17.1 Å². The number of pyridine rings is 1. The molecule has 4 rings (SSSR count). The van der Waals surface area contributed by atoms with Crippen LogP contribution in [0.1, 0.15) is 36.2 Å². The molecule has 0 bridgehead atoms. The Kier molecular flexibility index (Phi) is 7.42. The Hall–Kier alpha value is -3.16. The summed E-state index contributed by atoms with van der Waals surface area (Å²) < 4.78 is 2.00. The smallest absolute Gasteiger partial charge is 0.251 e. The van der Waals surface area contributed by atoms with Gasteiger partial charge in [-0.25, -0.2) is 0 Å². The summed E-state index contributed by atoms with van der Waals surface area (Å²) in [7, 11) is 0. The quantitative estimate of drug-likeness (QED) is 0.324. The van der Waals surface area contributed by atoms with Crippen LogP contribution in [0.2, 0.25) is 5.02 Å². The number of hydrogen-bond donors (Lipinski definition) is 1. The molecule has 168 valence electrons. The molecule has 0 saturated carbocycles. The molecule has 0 spiro atoms. The van der Waals surface area contributed by atoms with Crippen molar-refractivity contribution in [3.63, 3.8) is 0 Å². The fourth-order valence-corrected chi connectivity index (χ4v) is 4.30. The van der Waals surface area contributed by atoms with Crippen molar-refractivity contribution in [2.24, 2.45) is 0 Å². The van der Waals surface area contributed by atoms with Crippen molar-refractivity contribution in [2.45, 2.75) is 37.2 Å². The number of carbonyl (C=O) groups excluding carboxylic acids is 1. The van der Waals surface area contributed by atoms with Gasteiger partial charge in [-0.15, -0.1) is 10.2 Å². The van der Waals surface area contributed by atoms with Gasteiger partial charge in [0.15, 0.2) is 11.0 Å². The predicted molar refractivity (Wildman–Crippen MR) is 133 cm³/mol. The van der Waals surface area contributed by atoms with Gasteiger partial charge in [-0.05, 0) is 61.4 Å². The Morgan fingerprint density at radius 2 is 1.85 bits per heavy atom. The zero-order valence-corrected chi connectivity index (χ0v) is 20.0. The van der Waals surface area contributed by atoms with Crippen LogP contribution in [0.3, 0.4) is 0 Å². The van der Waals surface area contributed by atoms with Gasteiger partial charge in [-0.3, -0.25) is 14.3 Å².